The second-order valence-corrected chi connectivity index (χ2v) is 6.56. The molecule has 3 atom stereocenters. The Morgan fingerprint density at radius 3 is 2.76 bits per heavy atom. The molecule has 3 heteroatoms. The minimum atomic E-state index is -0.704. The van der Waals surface area contributed by atoms with Crippen LogP contribution in [0.5, 0.6) is 0 Å². The van der Waals surface area contributed by atoms with Gasteiger partial charge in [0.2, 0.25) is 0 Å². The first kappa shape index (κ1) is 14.6. The first-order chi connectivity index (χ1) is 10.1. The Morgan fingerprint density at radius 1 is 1.24 bits per heavy atom. The normalized spacial score (nSPS) is 32.3. The molecule has 114 valence electrons. The zero-order chi connectivity index (χ0) is 14.9. The van der Waals surface area contributed by atoms with Crippen LogP contribution >= 0.6 is 0 Å². The predicted molar refractivity (Wildman–Crippen MR) is 80.9 cm³/mol. The summed E-state index contributed by atoms with van der Waals surface area (Å²) in [4.78, 5) is 12.3. The van der Waals surface area contributed by atoms with Gasteiger partial charge in [0.25, 0.3) is 0 Å². The zero-order valence-electron chi connectivity index (χ0n) is 12.7. The molecule has 1 N–H and O–H groups in total. The molecule has 1 aromatic rings. The third-order valence-electron chi connectivity index (χ3n) is 5.44. The molecule has 0 unspecified atom stereocenters. The number of fused-ring (bicyclic) bond motifs is 2. The molecule has 1 fully saturated rings. The zero-order valence-corrected chi connectivity index (χ0v) is 12.7. The van der Waals surface area contributed by atoms with Crippen molar-refractivity contribution in [3.05, 3.63) is 35.4 Å². The van der Waals surface area contributed by atoms with E-state index in [1.807, 2.05) is 12.1 Å². The van der Waals surface area contributed by atoms with Crippen LogP contribution < -0.4 is 0 Å². The lowest BCUT2D eigenvalue weighted by Crippen LogP contribution is -2.48. The van der Waals surface area contributed by atoms with Gasteiger partial charge in [0.05, 0.1) is 18.6 Å². The second-order valence-electron chi connectivity index (χ2n) is 6.56. The van der Waals surface area contributed by atoms with Gasteiger partial charge < -0.3 is 9.84 Å². The van der Waals surface area contributed by atoms with Gasteiger partial charge in [-0.15, -0.1) is 0 Å². The Balaban J connectivity index is 2.00. The van der Waals surface area contributed by atoms with E-state index < -0.39 is 5.60 Å². The summed E-state index contributed by atoms with van der Waals surface area (Å²) in [5.74, 6) is -0.356. The quantitative estimate of drug-likeness (QED) is 0.808. The second kappa shape index (κ2) is 5.80. The van der Waals surface area contributed by atoms with E-state index in [2.05, 4.69) is 12.1 Å². The molecule has 3 rings (SSSR count). The number of benzene rings is 1. The van der Waals surface area contributed by atoms with Crippen molar-refractivity contribution in [1.82, 2.24) is 0 Å². The lowest BCUT2D eigenvalue weighted by Gasteiger charge is -2.44. The summed E-state index contributed by atoms with van der Waals surface area (Å²) < 4.78 is 5.05. The van der Waals surface area contributed by atoms with Gasteiger partial charge in [-0.3, -0.25) is 4.79 Å². The fourth-order valence-electron chi connectivity index (χ4n) is 4.27. The molecule has 1 saturated carbocycles. The van der Waals surface area contributed by atoms with Crippen LogP contribution in [0.25, 0.3) is 0 Å². The van der Waals surface area contributed by atoms with Crippen LogP contribution in [0.3, 0.4) is 0 Å². The summed E-state index contributed by atoms with van der Waals surface area (Å²) >= 11 is 0. The van der Waals surface area contributed by atoms with Crippen molar-refractivity contribution in [2.45, 2.75) is 50.5 Å². The van der Waals surface area contributed by atoms with Gasteiger partial charge in [0.15, 0.2) is 0 Å². The van der Waals surface area contributed by atoms with Gasteiger partial charge in [-0.25, -0.2) is 0 Å². The molecule has 0 heterocycles. The van der Waals surface area contributed by atoms with Crippen LogP contribution in [0.4, 0.5) is 0 Å². The molecule has 0 saturated heterocycles. The van der Waals surface area contributed by atoms with Gasteiger partial charge in [-0.05, 0) is 43.2 Å². The maximum Gasteiger partial charge on any atom is 0.309 e. The van der Waals surface area contributed by atoms with E-state index in [1.165, 1.54) is 18.2 Å². The highest BCUT2D eigenvalue weighted by atomic mass is 16.5. The van der Waals surface area contributed by atoms with Crippen molar-refractivity contribution in [2.75, 3.05) is 7.11 Å². The van der Waals surface area contributed by atoms with Crippen LogP contribution in [0, 0.1) is 11.8 Å². The lowest BCUT2D eigenvalue weighted by molar-refractivity contribution is -0.156. The number of esters is 1. The Hall–Kier alpha value is -1.35. The first-order valence-corrected chi connectivity index (χ1v) is 8.01. The van der Waals surface area contributed by atoms with Gasteiger partial charge in [0, 0.05) is 5.92 Å². The minimum absolute atomic E-state index is 0.0343. The molecular formula is C18H24O3. The molecule has 1 aromatic carbocycles. The Labute approximate surface area is 126 Å². The number of rotatable bonds is 1. The van der Waals surface area contributed by atoms with Crippen molar-refractivity contribution in [3.8, 4) is 0 Å². The summed E-state index contributed by atoms with van der Waals surface area (Å²) in [6, 6.07) is 8.30. The van der Waals surface area contributed by atoms with E-state index in [-0.39, 0.29) is 17.8 Å². The summed E-state index contributed by atoms with van der Waals surface area (Å²) in [6.07, 6.45) is 6.24. The summed E-state index contributed by atoms with van der Waals surface area (Å²) in [5.41, 5.74) is 1.80. The van der Waals surface area contributed by atoms with Crippen molar-refractivity contribution in [2.24, 2.45) is 11.8 Å². The van der Waals surface area contributed by atoms with Crippen molar-refractivity contribution < 1.29 is 14.6 Å². The van der Waals surface area contributed by atoms with Gasteiger partial charge in [-0.2, -0.15) is 0 Å². The SMILES string of the molecule is COC(=O)[C@H]1Cc2ccccc2CC[C@@]2(O)CCCC[C@H]12. The fraction of sp³-hybridized carbons (Fsp3) is 0.611. The molecule has 0 aliphatic heterocycles. The van der Waals surface area contributed by atoms with Crippen LogP contribution in [0.2, 0.25) is 0 Å². The molecule has 21 heavy (non-hydrogen) atoms. The number of ether oxygens (including phenoxy) is 1. The number of carbonyl (C=O) groups excluding carboxylic acids is 1. The van der Waals surface area contributed by atoms with Crippen LogP contribution in [-0.4, -0.2) is 23.8 Å². The fourth-order valence-corrected chi connectivity index (χ4v) is 4.27. The summed E-state index contributed by atoms with van der Waals surface area (Å²) in [6.45, 7) is 0. The Kier molecular flexibility index (Phi) is 4.03. The van der Waals surface area contributed by atoms with Crippen molar-refractivity contribution >= 4 is 5.97 Å². The molecular weight excluding hydrogens is 264 g/mol. The highest BCUT2D eigenvalue weighted by molar-refractivity contribution is 5.73. The molecule has 2 aliphatic rings. The maximum atomic E-state index is 12.3. The third kappa shape index (κ3) is 2.71. The standard InChI is InChI=1S/C18H24O3/c1-21-17(19)15-12-14-7-3-2-6-13(14)9-11-18(20)10-5-4-8-16(15)18/h2-3,6-7,15-16,20H,4-5,8-12H2,1H3/t15-,16+,18-/m0/s1. The van der Waals surface area contributed by atoms with E-state index in [9.17, 15) is 9.90 Å². The van der Waals surface area contributed by atoms with Gasteiger partial charge in [-0.1, -0.05) is 37.1 Å². The number of methoxy groups -OCH3 is 1. The average Bonchev–Trinajstić information content (AvgIpc) is 2.50. The van der Waals surface area contributed by atoms with Crippen LogP contribution in [0.1, 0.15) is 43.2 Å². The van der Waals surface area contributed by atoms with E-state index >= 15 is 0 Å². The number of aliphatic hydroxyl groups is 1. The molecule has 3 nitrogen and oxygen atoms in total. The summed E-state index contributed by atoms with van der Waals surface area (Å²) in [5, 5.41) is 11.1. The smallest absolute Gasteiger partial charge is 0.309 e. The number of carbonyl (C=O) groups is 1. The number of hydrogen-bond donors (Lipinski definition) is 1. The molecule has 2 aliphatic carbocycles. The topological polar surface area (TPSA) is 46.5 Å². The molecule has 0 amide bonds. The monoisotopic (exact) mass is 288 g/mol. The predicted octanol–water partition coefficient (Wildman–Crippen LogP) is 2.89. The average molecular weight is 288 g/mol. The highest BCUT2D eigenvalue weighted by Gasteiger charge is 2.46. The first-order valence-electron chi connectivity index (χ1n) is 8.01. The molecule has 0 aromatic heterocycles. The van der Waals surface area contributed by atoms with Crippen molar-refractivity contribution in [1.29, 1.82) is 0 Å². The molecule has 0 radical (unpaired) electrons. The van der Waals surface area contributed by atoms with E-state index in [0.29, 0.717) is 6.42 Å². The highest BCUT2D eigenvalue weighted by Crippen LogP contribution is 2.44. The van der Waals surface area contributed by atoms with E-state index in [1.54, 1.807) is 0 Å². The van der Waals surface area contributed by atoms with Crippen LogP contribution in [-0.2, 0) is 22.4 Å². The van der Waals surface area contributed by atoms with Gasteiger partial charge >= 0.3 is 5.97 Å². The van der Waals surface area contributed by atoms with Gasteiger partial charge in [0.1, 0.15) is 0 Å². The van der Waals surface area contributed by atoms with Crippen molar-refractivity contribution in [3.63, 3.8) is 0 Å². The maximum absolute atomic E-state index is 12.3. The minimum Gasteiger partial charge on any atom is -0.469 e. The molecule has 0 bridgehead atoms. The Morgan fingerprint density at radius 2 is 2.00 bits per heavy atom. The van der Waals surface area contributed by atoms with E-state index in [4.69, 9.17) is 4.74 Å². The van der Waals surface area contributed by atoms with E-state index in [0.717, 1.165) is 38.5 Å². The Bertz CT molecular complexity index is 525. The number of aryl methyl sites for hydroxylation is 1. The largest absolute Gasteiger partial charge is 0.469 e. The molecule has 0 spiro atoms. The summed E-state index contributed by atoms with van der Waals surface area (Å²) in [7, 11) is 1.45. The number of hydrogen-bond acceptors (Lipinski definition) is 3. The third-order valence-corrected chi connectivity index (χ3v) is 5.44. The lowest BCUT2D eigenvalue weighted by atomic mass is 9.64. The van der Waals surface area contributed by atoms with Crippen LogP contribution in [0.15, 0.2) is 24.3 Å².